The molecule has 2 aromatic carbocycles. The second kappa shape index (κ2) is 8.03. The van der Waals surface area contributed by atoms with Gasteiger partial charge in [-0.1, -0.05) is 6.07 Å². The van der Waals surface area contributed by atoms with Crippen LogP contribution in [0.1, 0.15) is 6.92 Å². The number of halogens is 2. The number of anilines is 3. The van der Waals surface area contributed by atoms with Crippen molar-refractivity contribution in [1.82, 2.24) is 4.90 Å². The Bertz CT molecular complexity index is 851. The minimum Gasteiger partial charge on any atom is -0.366 e. The summed E-state index contributed by atoms with van der Waals surface area (Å²) in [5.74, 6) is -1.42. The van der Waals surface area contributed by atoms with Crippen molar-refractivity contribution in [1.29, 1.82) is 0 Å². The van der Waals surface area contributed by atoms with Gasteiger partial charge in [0, 0.05) is 50.5 Å². The van der Waals surface area contributed by atoms with Crippen LogP contribution in [0.2, 0.25) is 0 Å². The van der Waals surface area contributed by atoms with Crippen molar-refractivity contribution in [2.24, 2.45) is 0 Å². The maximum absolute atomic E-state index is 13.9. The fraction of sp³-hybridized carbons (Fsp3) is 0.263. The number of hydrogen-bond donors (Lipinski definition) is 2. The molecule has 0 radical (unpaired) electrons. The van der Waals surface area contributed by atoms with Gasteiger partial charge in [-0.2, -0.15) is 0 Å². The number of carbonyl (C=O) groups excluding carboxylic acids is 2. The largest absolute Gasteiger partial charge is 0.366 e. The quantitative estimate of drug-likeness (QED) is 0.867. The lowest BCUT2D eigenvalue weighted by molar-refractivity contribution is -0.114. The fourth-order valence-electron chi connectivity index (χ4n) is 2.97. The zero-order valence-corrected chi connectivity index (χ0v) is 14.8. The van der Waals surface area contributed by atoms with E-state index in [0.717, 1.165) is 6.07 Å². The summed E-state index contributed by atoms with van der Waals surface area (Å²) < 4.78 is 26.9. The average Bonchev–Trinajstić information content (AvgIpc) is 2.61. The van der Waals surface area contributed by atoms with E-state index in [0.29, 0.717) is 43.2 Å². The van der Waals surface area contributed by atoms with Gasteiger partial charge in [-0.25, -0.2) is 13.6 Å². The van der Waals surface area contributed by atoms with E-state index in [1.807, 2.05) is 0 Å². The Morgan fingerprint density at radius 3 is 2.22 bits per heavy atom. The van der Waals surface area contributed by atoms with Crippen molar-refractivity contribution >= 4 is 29.0 Å². The molecular weight excluding hydrogens is 354 g/mol. The zero-order valence-electron chi connectivity index (χ0n) is 14.8. The van der Waals surface area contributed by atoms with Crippen LogP contribution in [0.5, 0.6) is 0 Å². The first-order valence-electron chi connectivity index (χ1n) is 8.56. The van der Waals surface area contributed by atoms with Gasteiger partial charge < -0.3 is 20.4 Å². The van der Waals surface area contributed by atoms with Crippen LogP contribution in [0.25, 0.3) is 0 Å². The van der Waals surface area contributed by atoms with Crippen molar-refractivity contribution in [2.45, 2.75) is 6.92 Å². The molecule has 0 bridgehead atoms. The van der Waals surface area contributed by atoms with Crippen molar-refractivity contribution < 1.29 is 18.4 Å². The van der Waals surface area contributed by atoms with Gasteiger partial charge in [0.25, 0.3) is 0 Å². The van der Waals surface area contributed by atoms with E-state index in [-0.39, 0.29) is 11.9 Å². The molecule has 0 saturated carbocycles. The van der Waals surface area contributed by atoms with E-state index < -0.39 is 11.6 Å². The van der Waals surface area contributed by atoms with Gasteiger partial charge in [0.2, 0.25) is 5.91 Å². The number of carbonyl (C=O) groups is 2. The lowest BCUT2D eigenvalue weighted by Gasteiger charge is -2.36. The molecule has 0 aromatic heterocycles. The third-order valence-electron chi connectivity index (χ3n) is 4.25. The maximum atomic E-state index is 13.9. The van der Waals surface area contributed by atoms with Crippen molar-refractivity contribution in [3.8, 4) is 0 Å². The fourth-order valence-corrected chi connectivity index (χ4v) is 2.97. The second-order valence-corrected chi connectivity index (χ2v) is 6.26. The van der Waals surface area contributed by atoms with Crippen LogP contribution in [0.15, 0.2) is 42.5 Å². The van der Waals surface area contributed by atoms with Crippen LogP contribution >= 0.6 is 0 Å². The van der Waals surface area contributed by atoms with E-state index in [1.54, 1.807) is 34.1 Å². The molecule has 0 aliphatic carbocycles. The van der Waals surface area contributed by atoms with Gasteiger partial charge in [0.15, 0.2) is 0 Å². The van der Waals surface area contributed by atoms with Crippen molar-refractivity contribution in [2.75, 3.05) is 41.7 Å². The van der Waals surface area contributed by atoms with Gasteiger partial charge in [-0.05, 0) is 30.3 Å². The van der Waals surface area contributed by atoms with E-state index >= 15 is 0 Å². The molecular formula is C19H20F2N4O2. The van der Waals surface area contributed by atoms with E-state index in [4.69, 9.17) is 0 Å². The zero-order chi connectivity index (χ0) is 19.4. The summed E-state index contributed by atoms with van der Waals surface area (Å²) in [5.41, 5.74) is 1.50. The van der Waals surface area contributed by atoms with Gasteiger partial charge >= 0.3 is 6.03 Å². The van der Waals surface area contributed by atoms with E-state index in [9.17, 15) is 18.4 Å². The van der Waals surface area contributed by atoms with E-state index in [2.05, 4.69) is 10.6 Å². The molecule has 1 aliphatic rings. The first-order chi connectivity index (χ1) is 12.9. The highest BCUT2D eigenvalue weighted by atomic mass is 19.1. The highest BCUT2D eigenvalue weighted by molar-refractivity contribution is 5.92. The molecule has 0 atom stereocenters. The van der Waals surface area contributed by atoms with Gasteiger partial charge in [-0.15, -0.1) is 0 Å². The summed E-state index contributed by atoms with van der Waals surface area (Å²) in [6.07, 6.45) is 0. The minimum absolute atomic E-state index is 0.192. The molecule has 0 spiro atoms. The van der Waals surface area contributed by atoms with Gasteiger partial charge in [-0.3, -0.25) is 4.79 Å². The van der Waals surface area contributed by atoms with Crippen LogP contribution in [-0.4, -0.2) is 43.0 Å². The number of benzene rings is 2. The molecule has 142 valence electrons. The van der Waals surface area contributed by atoms with Crippen LogP contribution in [-0.2, 0) is 4.79 Å². The molecule has 1 saturated heterocycles. The summed E-state index contributed by atoms with van der Waals surface area (Å²) in [4.78, 5) is 27.0. The highest BCUT2D eigenvalue weighted by Crippen LogP contribution is 2.22. The molecule has 1 fully saturated rings. The van der Waals surface area contributed by atoms with Crippen molar-refractivity contribution in [3.05, 3.63) is 54.1 Å². The molecule has 1 heterocycles. The Hall–Kier alpha value is -3.16. The summed E-state index contributed by atoms with van der Waals surface area (Å²) in [6.45, 7) is 3.13. The number of nitrogens with zero attached hydrogens (tertiary/aromatic N) is 2. The Kier molecular flexibility index (Phi) is 5.54. The number of hydrogen-bond acceptors (Lipinski definition) is 3. The Morgan fingerprint density at radius 1 is 0.926 bits per heavy atom. The predicted octanol–water partition coefficient (Wildman–Crippen LogP) is 3.28. The molecule has 2 N–H and O–H groups in total. The number of nitrogens with one attached hydrogen (secondary N) is 2. The smallest absolute Gasteiger partial charge is 0.321 e. The molecule has 3 rings (SSSR count). The lowest BCUT2D eigenvalue weighted by atomic mass is 10.2. The summed E-state index contributed by atoms with van der Waals surface area (Å²) in [7, 11) is 0. The van der Waals surface area contributed by atoms with E-state index in [1.165, 1.54) is 19.1 Å². The first-order valence-corrected chi connectivity index (χ1v) is 8.56. The van der Waals surface area contributed by atoms with Crippen LogP contribution in [0.4, 0.5) is 30.6 Å². The molecule has 0 unspecified atom stereocenters. The van der Waals surface area contributed by atoms with Gasteiger partial charge in [0.1, 0.15) is 11.6 Å². The van der Waals surface area contributed by atoms with Gasteiger partial charge in [0.05, 0.1) is 5.69 Å². The Morgan fingerprint density at radius 2 is 1.59 bits per heavy atom. The number of piperazine rings is 1. The number of urea groups is 1. The summed E-state index contributed by atoms with van der Waals surface area (Å²) in [6, 6.07) is 10.1. The van der Waals surface area contributed by atoms with Crippen molar-refractivity contribution in [3.63, 3.8) is 0 Å². The third kappa shape index (κ3) is 4.72. The average molecular weight is 374 g/mol. The summed E-state index contributed by atoms with van der Waals surface area (Å²) in [5, 5.41) is 5.45. The Balaban J connectivity index is 1.58. The summed E-state index contributed by atoms with van der Waals surface area (Å²) >= 11 is 0. The Labute approximate surface area is 155 Å². The monoisotopic (exact) mass is 374 g/mol. The lowest BCUT2D eigenvalue weighted by Crippen LogP contribution is -2.50. The molecule has 6 nitrogen and oxygen atoms in total. The minimum atomic E-state index is -0.615. The first kappa shape index (κ1) is 18.6. The molecule has 8 heteroatoms. The third-order valence-corrected chi connectivity index (χ3v) is 4.25. The predicted molar refractivity (Wildman–Crippen MR) is 99.9 cm³/mol. The highest BCUT2D eigenvalue weighted by Gasteiger charge is 2.23. The maximum Gasteiger partial charge on any atom is 0.321 e. The topological polar surface area (TPSA) is 64.7 Å². The second-order valence-electron chi connectivity index (χ2n) is 6.26. The molecule has 1 aliphatic heterocycles. The van der Waals surface area contributed by atoms with Crippen LogP contribution in [0, 0.1) is 11.6 Å². The molecule has 3 amide bonds. The normalized spacial score (nSPS) is 14.0. The standard InChI is InChI=1S/C19H20F2N4O2/c1-13(26)22-15-3-2-4-16(12-15)23-19(27)25-9-7-24(8-10-25)18-6-5-14(20)11-17(18)21/h2-6,11-12H,7-10H2,1H3,(H,22,26)(H,23,27). The molecule has 27 heavy (non-hydrogen) atoms. The van der Waals surface area contributed by atoms with Crippen LogP contribution < -0.4 is 15.5 Å². The number of amides is 3. The SMILES string of the molecule is CC(=O)Nc1cccc(NC(=O)N2CCN(c3ccc(F)cc3F)CC2)c1. The van der Waals surface area contributed by atoms with Crippen LogP contribution in [0.3, 0.4) is 0 Å². The molecule has 2 aromatic rings. The number of rotatable bonds is 3.